The van der Waals surface area contributed by atoms with Crippen molar-refractivity contribution < 1.29 is 14.6 Å². The Morgan fingerprint density at radius 2 is 2.19 bits per heavy atom. The van der Waals surface area contributed by atoms with Gasteiger partial charge in [0, 0.05) is 18.0 Å². The van der Waals surface area contributed by atoms with Crippen LogP contribution in [0.15, 0.2) is 6.07 Å². The average Bonchev–Trinajstić information content (AvgIpc) is 2.74. The summed E-state index contributed by atoms with van der Waals surface area (Å²) in [4.78, 5) is 0. The lowest BCUT2D eigenvalue weighted by molar-refractivity contribution is 0.134. The molecule has 0 spiro atoms. The van der Waals surface area contributed by atoms with Gasteiger partial charge in [-0.25, -0.2) is 0 Å². The molecule has 6 heteroatoms. The van der Waals surface area contributed by atoms with Gasteiger partial charge < -0.3 is 26.0 Å². The van der Waals surface area contributed by atoms with Gasteiger partial charge in [-0.3, -0.25) is 0 Å². The Bertz CT molecular complexity index is 593. The molecule has 5 N–H and O–H groups in total. The van der Waals surface area contributed by atoms with Crippen LogP contribution in [0.5, 0.6) is 17.2 Å². The molecule has 0 saturated heterocycles. The van der Waals surface area contributed by atoms with E-state index in [1.165, 1.54) is 0 Å². The molecule has 0 amide bonds. The van der Waals surface area contributed by atoms with Crippen molar-refractivity contribution in [1.82, 2.24) is 0 Å². The molecule has 0 radical (unpaired) electrons. The van der Waals surface area contributed by atoms with Gasteiger partial charge in [-0.05, 0) is 31.9 Å². The standard InChI is InChI=1S/C15H21N3O3/c1-15(2)6-9-13(20-3)8(4-10(17)11(18)7-16)5-12(19)14(9)21-15/h5,10-11,19H,4,6,17-18H2,1-3H3. The van der Waals surface area contributed by atoms with E-state index in [4.69, 9.17) is 26.2 Å². The fraction of sp³-hybridized carbons (Fsp3) is 0.533. The Balaban J connectivity index is 2.42. The van der Waals surface area contributed by atoms with E-state index in [2.05, 4.69) is 0 Å². The number of rotatable bonds is 4. The Morgan fingerprint density at radius 3 is 2.76 bits per heavy atom. The SMILES string of the molecule is COc1c(CC(N)C(N)C#N)cc(O)c2c1CC(C)(C)O2. The van der Waals surface area contributed by atoms with E-state index in [1.807, 2.05) is 19.9 Å². The van der Waals surface area contributed by atoms with Crippen LogP contribution in [0.25, 0.3) is 0 Å². The highest BCUT2D eigenvalue weighted by atomic mass is 16.5. The number of phenols is 1. The first-order valence-corrected chi connectivity index (χ1v) is 6.80. The molecule has 2 atom stereocenters. The highest BCUT2D eigenvalue weighted by Gasteiger charge is 2.36. The number of nitrogens with zero attached hydrogens (tertiary/aromatic N) is 1. The topological polar surface area (TPSA) is 115 Å². The molecule has 2 rings (SSSR count). The van der Waals surface area contributed by atoms with Crippen LogP contribution in [0.4, 0.5) is 0 Å². The van der Waals surface area contributed by atoms with Crippen LogP contribution < -0.4 is 20.9 Å². The van der Waals surface area contributed by atoms with Crippen LogP contribution in [0.3, 0.4) is 0 Å². The van der Waals surface area contributed by atoms with Crippen molar-refractivity contribution in [3.8, 4) is 23.3 Å². The number of nitrogens with two attached hydrogens (primary N) is 2. The van der Waals surface area contributed by atoms with E-state index in [9.17, 15) is 5.11 Å². The minimum atomic E-state index is -0.766. The minimum absolute atomic E-state index is 0.0594. The molecule has 1 aromatic carbocycles. The van der Waals surface area contributed by atoms with E-state index in [0.29, 0.717) is 24.3 Å². The number of benzene rings is 1. The molecular weight excluding hydrogens is 270 g/mol. The summed E-state index contributed by atoms with van der Waals surface area (Å²) in [6, 6.07) is 2.20. The van der Waals surface area contributed by atoms with Gasteiger partial charge in [0.25, 0.3) is 0 Å². The van der Waals surface area contributed by atoms with Crippen LogP contribution in [0, 0.1) is 11.3 Å². The molecule has 0 bridgehead atoms. The molecule has 1 heterocycles. The predicted octanol–water partition coefficient (Wildman–Crippen LogP) is 0.835. The van der Waals surface area contributed by atoms with Crippen LogP contribution in [0.1, 0.15) is 25.0 Å². The molecule has 114 valence electrons. The van der Waals surface area contributed by atoms with Crippen molar-refractivity contribution in [2.24, 2.45) is 11.5 Å². The molecule has 0 aliphatic carbocycles. The average molecular weight is 291 g/mol. The van der Waals surface area contributed by atoms with E-state index < -0.39 is 17.7 Å². The molecule has 1 aromatic rings. The minimum Gasteiger partial charge on any atom is -0.504 e. The van der Waals surface area contributed by atoms with Crippen LogP contribution in [0.2, 0.25) is 0 Å². The van der Waals surface area contributed by atoms with Crippen molar-refractivity contribution in [1.29, 1.82) is 5.26 Å². The molecule has 2 unspecified atom stereocenters. The zero-order chi connectivity index (χ0) is 15.8. The molecule has 0 aromatic heterocycles. The van der Waals surface area contributed by atoms with E-state index in [0.717, 1.165) is 11.1 Å². The maximum Gasteiger partial charge on any atom is 0.168 e. The smallest absolute Gasteiger partial charge is 0.168 e. The van der Waals surface area contributed by atoms with Crippen molar-refractivity contribution in [3.63, 3.8) is 0 Å². The number of phenolic OH excluding ortho intramolecular Hbond substituents is 1. The molecule has 1 aliphatic heterocycles. The first-order valence-electron chi connectivity index (χ1n) is 6.80. The number of aromatic hydroxyl groups is 1. The summed E-state index contributed by atoms with van der Waals surface area (Å²) in [6.45, 7) is 3.89. The molecule has 6 nitrogen and oxygen atoms in total. The van der Waals surface area contributed by atoms with Crippen molar-refractivity contribution >= 4 is 0 Å². The van der Waals surface area contributed by atoms with Gasteiger partial charge in [0.2, 0.25) is 0 Å². The second-order valence-corrected chi connectivity index (χ2v) is 5.96. The summed E-state index contributed by atoms with van der Waals surface area (Å²) in [5, 5.41) is 19.0. The lowest BCUT2D eigenvalue weighted by atomic mass is 9.94. The highest BCUT2D eigenvalue weighted by Crippen LogP contribution is 2.48. The Kier molecular flexibility index (Phi) is 3.99. The Hall–Kier alpha value is -1.97. The third-order valence-corrected chi connectivity index (χ3v) is 3.63. The van der Waals surface area contributed by atoms with Crippen molar-refractivity contribution in [3.05, 3.63) is 17.2 Å². The number of ether oxygens (including phenoxy) is 2. The van der Waals surface area contributed by atoms with E-state index in [-0.39, 0.29) is 5.75 Å². The predicted molar refractivity (Wildman–Crippen MR) is 78.3 cm³/mol. The number of hydrogen-bond donors (Lipinski definition) is 3. The quantitative estimate of drug-likeness (QED) is 0.757. The summed E-state index contributed by atoms with van der Waals surface area (Å²) in [5.74, 6) is 1.16. The van der Waals surface area contributed by atoms with Crippen LogP contribution >= 0.6 is 0 Å². The first-order chi connectivity index (χ1) is 9.79. The summed E-state index contributed by atoms with van der Waals surface area (Å²) in [6.07, 6.45) is 0.978. The van der Waals surface area contributed by atoms with Gasteiger partial charge in [-0.2, -0.15) is 5.26 Å². The fourth-order valence-electron chi connectivity index (χ4n) is 2.64. The first kappa shape index (κ1) is 15.4. The molecule has 21 heavy (non-hydrogen) atoms. The Morgan fingerprint density at radius 1 is 1.52 bits per heavy atom. The second-order valence-electron chi connectivity index (χ2n) is 5.96. The number of hydrogen-bond acceptors (Lipinski definition) is 6. The molecular formula is C15H21N3O3. The summed E-state index contributed by atoms with van der Waals surface area (Å²) < 4.78 is 11.2. The summed E-state index contributed by atoms with van der Waals surface area (Å²) >= 11 is 0. The maximum absolute atomic E-state index is 10.2. The lowest BCUT2D eigenvalue weighted by Gasteiger charge is -2.18. The van der Waals surface area contributed by atoms with Crippen molar-refractivity contribution in [2.45, 2.75) is 44.4 Å². The lowest BCUT2D eigenvalue weighted by Crippen LogP contribution is -2.41. The molecule has 1 aliphatic rings. The third-order valence-electron chi connectivity index (χ3n) is 3.63. The zero-order valence-electron chi connectivity index (χ0n) is 12.5. The maximum atomic E-state index is 10.2. The normalized spacial score (nSPS) is 18.3. The molecule has 0 saturated carbocycles. The van der Waals surface area contributed by atoms with Crippen LogP contribution in [-0.4, -0.2) is 29.9 Å². The fourth-order valence-corrected chi connectivity index (χ4v) is 2.64. The summed E-state index contributed by atoms with van der Waals surface area (Å²) in [7, 11) is 1.57. The van der Waals surface area contributed by atoms with Gasteiger partial charge in [0.15, 0.2) is 11.5 Å². The monoisotopic (exact) mass is 291 g/mol. The van der Waals surface area contributed by atoms with E-state index >= 15 is 0 Å². The van der Waals surface area contributed by atoms with E-state index in [1.54, 1.807) is 13.2 Å². The highest BCUT2D eigenvalue weighted by molar-refractivity contribution is 5.60. The summed E-state index contributed by atoms with van der Waals surface area (Å²) in [5.41, 5.74) is 12.7. The van der Waals surface area contributed by atoms with Gasteiger partial charge in [0.05, 0.1) is 13.2 Å². The second kappa shape index (κ2) is 5.43. The van der Waals surface area contributed by atoms with Gasteiger partial charge in [-0.1, -0.05) is 0 Å². The zero-order valence-corrected chi connectivity index (χ0v) is 12.5. The van der Waals surface area contributed by atoms with Crippen molar-refractivity contribution in [2.75, 3.05) is 7.11 Å². The molecule has 0 fully saturated rings. The third kappa shape index (κ3) is 2.89. The number of nitriles is 1. The largest absolute Gasteiger partial charge is 0.504 e. The van der Waals surface area contributed by atoms with Crippen LogP contribution in [-0.2, 0) is 12.8 Å². The number of methoxy groups -OCH3 is 1. The van der Waals surface area contributed by atoms with Gasteiger partial charge in [-0.15, -0.1) is 0 Å². The Labute approximate surface area is 124 Å². The van der Waals surface area contributed by atoms with Gasteiger partial charge >= 0.3 is 0 Å². The number of fused-ring (bicyclic) bond motifs is 1. The van der Waals surface area contributed by atoms with Gasteiger partial charge in [0.1, 0.15) is 17.4 Å².